The second-order valence-corrected chi connectivity index (χ2v) is 5.70. The molecule has 0 bridgehead atoms. The van der Waals surface area contributed by atoms with Gasteiger partial charge in [-0.25, -0.2) is 14.5 Å². The molecule has 3 aromatic rings. The summed E-state index contributed by atoms with van der Waals surface area (Å²) in [5, 5.41) is 13.0. The Morgan fingerprint density at radius 2 is 1.69 bits per heavy atom. The summed E-state index contributed by atoms with van der Waals surface area (Å²) in [6, 6.07) is 2.29. The maximum atomic E-state index is 13.0. The van der Waals surface area contributed by atoms with Crippen molar-refractivity contribution in [3.05, 3.63) is 59.8 Å². The Morgan fingerprint density at radius 3 is 2.17 bits per heavy atom. The van der Waals surface area contributed by atoms with E-state index < -0.39 is 40.8 Å². The summed E-state index contributed by atoms with van der Waals surface area (Å²) in [6.07, 6.45) is -5.74. The van der Waals surface area contributed by atoms with Crippen LogP contribution in [0.3, 0.4) is 0 Å². The first kappa shape index (κ1) is 20.2. The molecule has 0 aliphatic heterocycles. The average Bonchev–Trinajstić information content (AvgIpc) is 3.29. The lowest BCUT2D eigenvalue weighted by molar-refractivity contribution is -0.143. The number of halogens is 6. The minimum absolute atomic E-state index is 0.0121. The van der Waals surface area contributed by atoms with Gasteiger partial charge in [0.25, 0.3) is 0 Å². The summed E-state index contributed by atoms with van der Waals surface area (Å²) in [5.74, 6) is -1.81. The lowest BCUT2D eigenvalue weighted by atomic mass is 10.0. The molecular weight excluding hydrogens is 408 g/mol. The molecule has 0 atom stereocenters. The molecule has 0 unspecified atom stereocenters. The van der Waals surface area contributed by atoms with Crippen LogP contribution in [0.25, 0.3) is 23.2 Å². The smallest absolute Gasteiger partial charge is 0.416 e. The standard InChI is InChI=1S/C17H9F6N3O3/c18-16(19,20)11-3-10(4-12(5-11)17(21,22)23)14-24-8-26(25-14)6-13(15(27)28)9-1-2-29-7-9/h1-8H,(H,27,28)/b13-6+. The van der Waals surface area contributed by atoms with Gasteiger partial charge in [-0.15, -0.1) is 5.10 Å². The molecule has 29 heavy (non-hydrogen) atoms. The Labute approximate surface area is 157 Å². The zero-order chi connectivity index (χ0) is 21.4. The van der Waals surface area contributed by atoms with Crippen LogP contribution in [0.1, 0.15) is 16.7 Å². The van der Waals surface area contributed by atoms with Crippen LogP contribution >= 0.6 is 0 Å². The number of carboxylic acid groups (broad SMARTS) is 1. The average molecular weight is 417 g/mol. The van der Waals surface area contributed by atoms with E-state index in [4.69, 9.17) is 4.42 Å². The molecule has 1 N–H and O–H groups in total. The molecule has 0 aliphatic rings. The van der Waals surface area contributed by atoms with Gasteiger partial charge in [-0.05, 0) is 24.3 Å². The van der Waals surface area contributed by atoms with Gasteiger partial charge in [0.15, 0.2) is 5.82 Å². The molecule has 0 radical (unpaired) electrons. The molecule has 152 valence electrons. The van der Waals surface area contributed by atoms with E-state index >= 15 is 0 Å². The highest BCUT2D eigenvalue weighted by atomic mass is 19.4. The summed E-state index contributed by atoms with van der Waals surface area (Å²) in [7, 11) is 0. The Hall–Kier alpha value is -3.57. The summed E-state index contributed by atoms with van der Waals surface area (Å²) in [6.45, 7) is 0. The van der Waals surface area contributed by atoms with Crippen molar-refractivity contribution >= 4 is 17.7 Å². The topological polar surface area (TPSA) is 81.1 Å². The Kier molecular flexibility index (Phi) is 4.95. The van der Waals surface area contributed by atoms with Gasteiger partial charge in [-0.3, -0.25) is 0 Å². The van der Waals surface area contributed by atoms with Crippen molar-refractivity contribution in [2.45, 2.75) is 12.4 Å². The number of aliphatic carboxylic acids is 1. The molecular formula is C17H9F6N3O3. The zero-order valence-corrected chi connectivity index (χ0v) is 14.0. The first-order valence-corrected chi connectivity index (χ1v) is 7.64. The first-order valence-electron chi connectivity index (χ1n) is 7.64. The SMILES string of the molecule is O=C(O)/C(=C/n1cnc(-c2cc(C(F)(F)F)cc(C(F)(F)F)c2)n1)c1ccoc1. The van der Waals surface area contributed by atoms with E-state index in [0.29, 0.717) is 12.1 Å². The summed E-state index contributed by atoms with van der Waals surface area (Å²) in [5.41, 5.74) is -3.67. The second kappa shape index (κ2) is 7.11. The number of carboxylic acids is 1. The van der Waals surface area contributed by atoms with Crippen molar-refractivity contribution in [2.75, 3.05) is 0 Å². The predicted octanol–water partition coefficient (Wildman–Crippen LogP) is 4.66. The fourth-order valence-corrected chi connectivity index (χ4v) is 2.36. The normalized spacial score (nSPS) is 13.0. The van der Waals surface area contributed by atoms with Crippen molar-refractivity contribution in [1.82, 2.24) is 14.8 Å². The van der Waals surface area contributed by atoms with Crippen LogP contribution in [0.5, 0.6) is 0 Å². The minimum atomic E-state index is -5.02. The van der Waals surface area contributed by atoms with Gasteiger partial charge in [0.1, 0.15) is 6.33 Å². The highest BCUT2D eigenvalue weighted by Crippen LogP contribution is 2.38. The van der Waals surface area contributed by atoms with Crippen LogP contribution in [0.4, 0.5) is 26.3 Å². The maximum absolute atomic E-state index is 13.0. The van der Waals surface area contributed by atoms with Crippen molar-refractivity contribution in [3.63, 3.8) is 0 Å². The van der Waals surface area contributed by atoms with E-state index in [0.717, 1.165) is 23.5 Å². The highest BCUT2D eigenvalue weighted by Gasteiger charge is 2.37. The molecule has 0 saturated heterocycles. The maximum Gasteiger partial charge on any atom is 0.416 e. The van der Waals surface area contributed by atoms with E-state index in [1.54, 1.807) is 0 Å². The molecule has 2 heterocycles. The molecule has 0 fully saturated rings. The van der Waals surface area contributed by atoms with Crippen molar-refractivity contribution in [2.24, 2.45) is 0 Å². The highest BCUT2D eigenvalue weighted by molar-refractivity contribution is 6.19. The second-order valence-electron chi connectivity index (χ2n) is 5.70. The van der Waals surface area contributed by atoms with Crippen LogP contribution in [0.2, 0.25) is 0 Å². The van der Waals surface area contributed by atoms with Crippen molar-refractivity contribution in [3.8, 4) is 11.4 Å². The molecule has 0 amide bonds. The third-order valence-electron chi connectivity index (χ3n) is 3.68. The van der Waals surface area contributed by atoms with Gasteiger partial charge in [0.2, 0.25) is 0 Å². The number of hydrogen-bond donors (Lipinski definition) is 1. The number of aromatic nitrogens is 3. The summed E-state index contributed by atoms with van der Waals surface area (Å²) >= 11 is 0. The van der Waals surface area contributed by atoms with E-state index in [1.807, 2.05) is 0 Å². The van der Waals surface area contributed by atoms with Gasteiger partial charge >= 0.3 is 18.3 Å². The third-order valence-corrected chi connectivity index (χ3v) is 3.68. The lowest BCUT2D eigenvalue weighted by Crippen LogP contribution is -2.11. The van der Waals surface area contributed by atoms with Crippen LogP contribution in [0.15, 0.2) is 47.5 Å². The van der Waals surface area contributed by atoms with Gasteiger partial charge in [-0.2, -0.15) is 26.3 Å². The number of furan rings is 1. The van der Waals surface area contributed by atoms with Gasteiger partial charge in [0, 0.05) is 17.3 Å². The minimum Gasteiger partial charge on any atom is -0.478 e. The van der Waals surface area contributed by atoms with E-state index in [2.05, 4.69) is 10.1 Å². The molecule has 0 spiro atoms. The molecule has 0 aliphatic carbocycles. The summed E-state index contributed by atoms with van der Waals surface area (Å²) in [4.78, 5) is 15.1. The number of nitrogens with zero attached hydrogens (tertiary/aromatic N) is 3. The molecule has 6 nitrogen and oxygen atoms in total. The molecule has 3 rings (SSSR count). The van der Waals surface area contributed by atoms with E-state index in [1.165, 1.54) is 12.3 Å². The third kappa shape index (κ3) is 4.47. The largest absolute Gasteiger partial charge is 0.478 e. The number of benzene rings is 1. The fourth-order valence-electron chi connectivity index (χ4n) is 2.36. The zero-order valence-electron chi connectivity index (χ0n) is 14.0. The van der Waals surface area contributed by atoms with Crippen LogP contribution < -0.4 is 0 Å². The van der Waals surface area contributed by atoms with Gasteiger partial charge in [-0.1, -0.05) is 0 Å². The quantitative estimate of drug-likeness (QED) is 0.493. The fraction of sp³-hybridized carbons (Fsp3) is 0.118. The Bertz CT molecular complexity index is 1030. The number of alkyl halides is 6. The van der Waals surface area contributed by atoms with Gasteiger partial charge < -0.3 is 9.52 Å². The first-order chi connectivity index (χ1) is 13.4. The van der Waals surface area contributed by atoms with Crippen molar-refractivity contribution < 1.29 is 40.7 Å². The summed E-state index contributed by atoms with van der Waals surface area (Å²) < 4.78 is 83.5. The lowest BCUT2D eigenvalue weighted by Gasteiger charge is -2.13. The van der Waals surface area contributed by atoms with Crippen molar-refractivity contribution in [1.29, 1.82) is 0 Å². The van der Waals surface area contributed by atoms with Crippen LogP contribution in [0, 0.1) is 0 Å². The van der Waals surface area contributed by atoms with Crippen LogP contribution in [-0.2, 0) is 17.1 Å². The Morgan fingerprint density at radius 1 is 1.07 bits per heavy atom. The van der Waals surface area contributed by atoms with Gasteiger partial charge in [0.05, 0.1) is 29.2 Å². The molecule has 1 aromatic carbocycles. The van der Waals surface area contributed by atoms with E-state index in [9.17, 15) is 36.2 Å². The molecule has 12 heteroatoms. The number of hydrogen-bond acceptors (Lipinski definition) is 4. The van der Waals surface area contributed by atoms with Crippen LogP contribution in [-0.4, -0.2) is 25.8 Å². The predicted molar refractivity (Wildman–Crippen MR) is 86.0 cm³/mol. The van der Waals surface area contributed by atoms with E-state index in [-0.39, 0.29) is 17.2 Å². The molecule has 0 saturated carbocycles. The molecule has 2 aromatic heterocycles. The number of rotatable bonds is 4. The number of carbonyl (C=O) groups is 1. The Balaban J connectivity index is 2.06. The monoisotopic (exact) mass is 417 g/mol.